The molecule has 0 aromatic heterocycles. The number of aliphatic hydroxyl groups is 1. The molecular weight excluding hydrogens is 235 g/mol. The molecule has 13 heavy (non-hydrogen) atoms. The van der Waals surface area contributed by atoms with E-state index in [0.717, 1.165) is 13.8 Å². The Balaban J connectivity index is 5.22. The minimum Gasteiger partial charge on any atom is -0.376 e. The first-order chi connectivity index (χ1) is 5.44. The highest BCUT2D eigenvalue weighted by molar-refractivity contribution is 6.26. The van der Waals surface area contributed by atoms with Crippen molar-refractivity contribution in [3.05, 3.63) is 0 Å². The van der Waals surface area contributed by atoms with Gasteiger partial charge in [0.1, 0.15) is 0 Å². The second-order valence-electron chi connectivity index (χ2n) is 2.92. The highest BCUT2D eigenvalue weighted by Crippen LogP contribution is 2.49. The van der Waals surface area contributed by atoms with Crippen molar-refractivity contribution >= 4 is 23.2 Å². The Kier molecular flexibility index (Phi) is 3.51. The monoisotopic (exact) mass is 242 g/mol. The predicted octanol–water partition coefficient (Wildman–Crippen LogP) is 3.04. The van der Waals surface area contributed by atoms with Crippen LogP contribution in [0.25, 0.3) is 0 Å². The lowest BCUT2D eigenvalue weighted by Gasteiger charge is -2.37. The number of alkyl halides is 6. The van der Waals surface area contributed by atoms with E-state index in [1.807, 2.05) is 0 Å². The van der Waals surface area contributed by atoms with Crippen molar-refractivity contribution in [1.29, 1.82) is 0 Å². The molecule has 0 fully saturated rings. The van der Waals surface area contributed by atoms with Gasteiger partial charge in [-0.1, -0.05) is 13.8 Å². The van der Waals surface area contributed by atoms with E-state index in [4.69, 9.17) is 5.11 Å². The molecule has 0 atom stereocenters. The van der Waals surface area contributed by atoms with Crippen LogP contribution < -0.4 is 0 Å². The van der Waals surface area contributed by atoms with Crippen LogP contribution in [0, 0.1) is 5.92 Å². The zero-order valence-corrected chi connectivity index (χ0v) is 8.30. The summed E-state index contributed by atoms with van der Waals surface area (Å²) < 4.78 is 49.9. The average molecular weight is 243 g/mol. The van der Waals surface area contributed by atoms with Gasteiger partial charge >= 0.3 is 10.8 Å². The van der Waals surface area contributed by atoms with Crippen molar-refractivity contribution in [3.8, 4) is 0 Å². The Hall–Kier alpha value is 0.260. The summed E-state index contributed by atoms with van der Waals surface area (Å²) in [7, 11) is 0. The van der Waals surface area contributed by atoms with E-state index in [-0.39, 0.29) is 0 Å². The van der Waals surface area contributed by atoms with E-state index in [1.54, 1.807) is 0 Å². The van der Waals surface area contributed by atoms with Gasteiger partial charge in [-0.3, -0.25) is 0 Å². The van der Waals surface area contributed by atoms with E-state index in [0.29, 0.717) is 0 Å². The lowest BCUT2D eigenvalue weighted by molar-refractivity contribution is -0.238. The van der Waals surface area contributed by atoms with Gasteiger partial charge in [0, 0.05) is 0 Å². The molecule has 0 rings (SSSR count). The van der Waals surface area contributed by atoms with Gasteiger partial charge in [0.05, 0.1) is 0 Å². The van der Waals surface area contributed by atoms with Crippen LogP contribution in [0.15, 0.2) is 0 Å². The van der Waals surface area contributed by atoms with Crippen LogP contribution in [0.5, 0.6) is 0 Å². The molecule has 0 amide bonds. The minimum absolute atomic E-state index is 0.965. The largest absolute Gasteiger partial charge is 0.376 e. The lowest BCUT2D eigenvalue weighted by Crippen LogP contribution is -2.59. The summed E-state index contributed by atoms with van der Waals surface area (Å²) in [4.78, 5) is 0. The Morgan fingerprint density at radius 2 is 1.23 bits per heavy atom. The summed E-state index contributed by atoms with van der Waals surface area (Å²) in [5.74, 6) is -1.49. The first-order valence-corrected chi connectivity index (χ1v) is 4.06. The SMILES string of the molecule is CC(C)C(O)(C(F)(F)Cl)C(F)(F)Cl. The van der Waals surface area contributed by atoms with E-state index in [2.05, 4.69) is 23.2 Å². The van der Waals surface area contributed by atoms with Crippen molar-refractivity contribution in [2.75, 3.05) is 0 Å². The van der Waals surface area contributed by atoms with Crippen LogP contribution in [0.1, 0.15) is 13.8 Å². The molecular formula is C6H8Cl2F4O. The van der Waals surface area contributed by atoms with Gasteiger partial charge in [0.25, 0.3) is 0 Å². The Labute approximate surface area is 82.6 Å². The average Bonchev–Trinajstić information content (AvgIpc) is 1.80. The maximum absolute atomic E-state index is 12.5. The number of rotatable bonds is 3. The quantitative estimate of drug-likeness (QED) is 0.596. The summed E-state index contributed by atoms with van der Waals surface area (Å²) in [6, 6.07) is 0. The molecule has 0 spiro atoms. The van der Waals surface area contributed by atoms with Gasteiger partial charge in [-0.25, -0.2) is 0 Å². The van der Waals surface area contributed by atoms with Crippen molar-refractivity contribution < 1.29 is 22.7 Å². The van der Waals surface area contributed by atoms with Gasteiger partial charge in [0.2, 0.25) is 5.60 Å². The Bertz CT molecular complexity index is 170. The van der Waals surface area contributed by atoms with E-state index < -0.39 is 22.3 Å². The van der Waals surface area contributed by atoms with E-state index in [9.17, 15) is 17.6 Å². The molecule has 0 aromatic carbocycles. The third-order valence-corrected chi connectivity index (χ3v) is 2.28. The molecule has 1 N–H and O–H groups in total. The fourth-order valence-corrected chi connectivity index (χ4v) is 1.54. The van der Waals surface area contributed by atoms with Gasteiger partial charge < -0.3 is 5.11 Å². The van der Waals surface area contributed by atoms with E-state index in [1.165, 1.54) is 0 Å². The second kappa shape index (κ2) is 3.44. The van der Waals surface area contributed by atoms with Gasteiger partial charge in [-0.05, 0) is 29.1 Å². The molecule has 1 nitrogen and oxygen atoms in total. The summed E-state index contributed by atoms with van der Waals surface area (Å²) in [5, 5.41) is 0.0104. The normalized spacial score (nSPS) is 15.2. The lowest BCUT2D eigenvalue weighted by atomic mass is 9.90. The summed E-state index contributed by atoms with van der Waals surface area (Å²) in [6.45, 7) is 1.93. The second-order valence-corrected chi connectivity index (χ2v) is 3.87. The Morgan fingerprint density at radius 3 is 1.23 bits per heavy atom. The number of hydrogen-bond acceptors (Lipinski definition) is 1. The summed E-state index contributed by atoms with van der Waals surface area (Å²) in [6.07, 6.45) is 0. The van der Waals surface area contributed by atoms with Crippen LogP contribution in [0.3, 0.4) is 0 Å². The van der Waals surface area contributed by atoms with Gasteiger partial charge in [-0.2, -0.15) is 17.6 Å². The fourth-order valence-electron chi connectivity index (χ4n) is 0.815. The molecule has 0 saturated carbocycles. The van der Waals surface area contributed by atoms with Crippen molar-refractivity contribution in [3.63, 3.8) is 0 Å². The highest BCUT2D eigenvalue weighted by Gasteiger charge is 2.68. The summed E-state index contributed by atoms with van der Waals surface area (Å²) >= 11 is 8.74. The van der Waals surface area contributed by atoms with Crippen LogP contribution in [-0.2, 0) is 0 Å². The van der Waals surface area contributed by atoms with Crippen molar-refractivity contribution in [2.45, 2.75) is 30.2 Å². The number of halogens is 6. The molecule has 0 aliphatic heterocycles. The van der Waals surface area contributed by atoms with Crippen molar-refractivity contribution in [1.82, 2.24) is 0 Å². The smallest absolute Gasteiger partial charge is 0.357 e. The molecule has 0 heterocycles. The minimum atomic E-state index is -4.49. The molecule has 80 valence electrons. The zero-order valence-electron chi connectivity index (χ0n) is 6.79. The summed E-state index contributed by atoms with van der Waals surface area (Å²) in [5.41, 5.74) is -3.76. The van der Waals surface area contributed by atoms with Crippen LogP contribution in [0.2, 0.25) is 0 Å². The molecule has 0 saturated heterocycles. The standard InChI is InChI=1S/C6H8Cl2F4O/c1-3(2)4(13,5(7,9)10)6(8,11)12/h3,13H,1-2H3. The number of hydrogen-bond donors (Lipinski definition) is 1. The van der Waals surface area contributed by atoms with Crippen molar-refractivity contribution in [2.24, 2.45) is 5.92 Å². The molecule has 0 bridgehead atoms. The fraction of sp³-hybridized carbons (Fsp3) is 1.00. The maximum Gasteiger partial charge on any atom is 0.357 e. The molecule has 7 heteroatoms. The zero-order chi connectivity index (χ0) is 11.1. The molecule has 0 unspecified atom stereocenters. The van der Waals surface area contributed by atoms with Crippen LogP contribution in [-0.4, -0.2) is 21.5 Å². The third-order valence-electron chi connectivity index (χ3n) is 1.70. The first-order valence-electron chi connectivity index (χ1n) is 3.30. The van der Waals surface area contributed by atoms with Gasteiger partial charge in [0.15, 0.2) is 0 Å². The third kappa shape index (κ3) is 2.19. The predicted molar refractivity (Wildman–Crippen MR) is 41.4 cm³/mol. The maximum atomic E-state index is 12.5. The Morgan fingerprint density at radius 1 is 1.00 bits per heavy atom. The molecule has 0 radical (unpaired) electrons. The van der Waals surface area contributed by atoms with Crippen LogP contribution >= 0.6 is 23.2 Å². The van der Waals surface area contributed by atoms with Gasteiger partial charge in [-0.15, -0.1) is 0 Å². The molecule has 0 aliphatic rings. The molecule has 0 aliphatic carbocycles. The highest BCUT2D eigenvalue weighted by atomic mass is 35.5. The molecule has 0 aromatic rings. The van der Waals surface area contributed by atoms with Crippen LogP contribution in [0.4, 0.5) is 17.6 Å². The first kappa shape index (κ1) is 13.3. The topological polar surface area (TPSA) is 20.2 Å². The van der Waals surface area contributed by atoms with E-state index >= 15 is 0 Å².